The Kier molecular flexibility index (Phi) is 7.26. The average molecular weight is 746 g/mol. The van der Waals surface area contributed by atoms with Gasteiger partial charge in [-0.05, 0) is 137 Å². The summed E-state index contributed by atoms with van der Waals surface area (Å²) in [6, 6.07) is 65.9. The quantitative estimate of drug-likeness (QED) is 0.163. The van der Waals surface area contributed by atoms with Crippen molar-refractivity contribution < 1.29 is 4.74 Å². The highest BCUT2D eigenvalue weighted by Gasteiger charge is 2.61. The SMILES string of the molecule is COC12CCCCC1(C)N(c1ccccc1)c1ccc(-c3cc(-c4cccc5ccccc45)c4ccc5ccc(-c6cccc7ccccc67)c6ccc3c4c56)cc12. The molecular formula is C56H43NO. The van der Waals surface area contributed by atoms with E-state index in [4.69, 9.17) is 4.74 Å². The smallest absolute Gasteiger partial charge is 0.118 e. The summed E-state index contributed by atoms with van der Waals surface area (Å²) in [5, 5.41) is 12.8. The van der Waals surface area contributed by atoms with E-state index in [2.05, 4.69) is 188 Å². The van der Waals surface area contributed by atoms with Gasteiger partial charge >= 0.3 is 0 Å². The highest BCUT2D eigenvalue weighted by molar-refractivity contribution is 6.31. The summed E-state index contributed by atoms with van der Waals surface area (Å²) in [7, 11) is 1.94. The minimum atomic E-state index is -0.429. The van der Waals surface area contributed by atoms with Crippen molar-refractivity contribution in [3.8, 4) is 33.4 Å². The number of para-hydroxylation sites is 1. The third-order valence-electron chi connectivity index (χ3n) is 14.1. The highest BCUT2D eigenvalue weighted by atomic mass is 16.5. The molecule has 12 rings (SSSR count). The second-order valence-electron chi connectivity index (χ2n) is 16.8. The number of ether oxygens (including phenoxy) is 1. The van der Waals surface area contributed by atoms with Gasteiger partial charge in [0.1, 0.15) is 5.60 Å². The molecule has 0 amide bonds. The van der Waals surface area contributed by atoms with Crippen LogP contribution >= 0.6 is 0 Å². The summed E-state index contributed by atoms with van der Waals surface area (Å²) in [6.07, 6.45) is 4.41. The van der Waals surface area contributed by atoms with Crippen LogP contribution in [0.4, 0.5) is 11.4 Å². The van der Waals surface area contributed by atoms with Gasteiger partial charge in [-0.25, -0.2) is 0 Å². The summed E-state index contributed by atoms with van der Waals surface area (Å²) in [4.78, 5) is 2.59. The molecule has 1 saturated carbocycles. The molecule has 1 heterocycles. The maximum Gasteiger partial charge on any atom is 0.118 e. The Hall–Kier alpha value is -6.48. The number of fused-ring (bicyclic) bond motifs is 5. The molecule has 1 aliphatic heterocycles. The Balaban J connectivity index is 1.18. The van der Waals surface area contributed by atoms with Crippen LogP contribution in [0.25, 0.3) is 87.2 Å². The first-order valence-corrected chi connectivity index (χ1v) is 20.8. The van der Waals surface area contributed by atoms with Crippen LogP contribution in [0.1, 0.15) is 38.2 Å². The number of anilines is 2. The first kappa shape index (κ1) is 33.6. The number of methoxy groups -OCH3 is 1. The van der Waals surface area contributed by atoms with Crippen molar-refractivity contribution in [2.45, 2.75) is 43.7 Å². The van der Waals surface area contributed by atoms with Gasteiger partial charge in [0.2, 0.25) is 0 Å². The minimum Gasteiger partial charge on any atom is -0.371 e. The fraction of sp³-hybridized carbons (Fsp3) is 0.143. The van der Waals surface area contributed by atoms with Gasteiger partial charge in [-0.15, -0.1) is 0 Å². The molecule has 0 radical (unpaired) electrons. The predicted molar refractivity (Wildman–Crippen MR) is 246 cm³/mol. The third-order valence-corrected chi connectivity index (χ3v) is 14.1. The third kappa shape index (κ3) is 4.52. The minimum absolute atomic E-state index is 0.211. The lowest BCUT2D eigenvalue weighted by molar-refractivity contribution is -0.0871. The monoisotopic (exact) mass is 745 g/mol. The van der Waals surface area contributed by atoms with Crippen LogP contribution in [0, 0.1) is 0 Å². The molecule has 58 heavy (non-hydrogen) atoms. The normalized spacial score (nSPS) is 19.1. The van der Waals surface area contributed by atoms with E-state index in [1.807, 2.05) is 7.11 Å². The lowest BCUT2D eigenvalue weighted by atomic mass is 9.68. The fourth-order valence-corrected chi connectivity index (χ4v) is 11.5. The first-order valence-electron chi connectivity index (χ1n) is 20.8. The van der Waals surface area contributed by atoms with Crippen LogP contribution in [0.5, 0.6) is 0 Å². The first-order chi connectivity index (χ1) is 28.6. The van der Waals surface area contributed by atoms with Gasteiger partial charge in [0.05, 0.1) is 5.54 Å². The Morgan fingerprint density at radius 3 is 1.78 bits per heavy atom. The lowest BCUT2D eigenvalue weighted by Crippen LogP contribution is -2.57. The van der Waals surface area contributed by atoms with E-state index in [0.29, 0.717) is 0 Å². The van der Waals surface area contributed by atoms with Crippen molar-refractivity contribution >= 4 is 65.2 Å². The summed E-state index contributed by atoms with van der Waals surface area (Å²) in [6.45, 7) is 2.44. The van der Waals surface area contributed by atoms with E-state index in [1.54, 1.807) is 0 Å². The number of hydrogen-bond acceptors (Lipinski definition) is 2. The molecule has 2 heteroatoms. The largest absolute Gasteiger partial charge is 0.371 e. The molecule has 2 aliphatic rings. The average Bonchev–Trinajstić information content (AvgIpc) is 3.52. The molecule has 0 N–H and O–H groups in total. The molecule has 2 nitrogen and oxygen atoms in total. The van der Waals surface area contributed by atoms with Gasteiger partial charge in [-0.3, -0.25) is 0 Å². The van der Waals surface area contributed by atoms with Crippen LogP contribution in [0.15, 0.2) is 176 Å². The van der Waals surface area contributed by atoms with Crippen LogP contribution in [-0.4, -0.2) is 12.6 Å². The molecule has 2 unspecified atom stereocenters. The fourth-order valence-electron chi connectivity index (χ4n) is 11.5. The summed E-state index contributed by atoms with van der Waals surface area (Å²) < 4.78 is 6.84. The van der Waals surface area contributed by atoms with Crippen LogP contribution in [0.3, 0.4) is 0 Å². The van der Waals surface area contributed by atoms with Gasteiger partial charge in [0.15, 0.2) is 0 Å². The van der Waals surface area contributed by atoms with Crippen molar-refractivity contribution in [3.05, 3.63) is 181 Å². The molecule has 0 spiro atoms. The lowest BCUT2D eigenvalue weighted by Gasteiger charge is -2.50. The topological polar surface area (TPSA) is 12.5 Å². The summed E-state index contributed by atoms with van der Waals surface area (Å²) in [5.74, 6) is 0. The van der Waals surface area contributed by atoms with Gasteiger partial charge in [-0.1, -0.05) is 158 Å². The summed E-state index contributed by atoms with van der Waals surface area (Å²) >= 11 is 0. The van der Waals surface area contributed by atoms with Crippen molar-refractivity contribution in [1.82, 2.24) is 0 Å². The predicted octanol–water partition coefficient (Wildman–Crippen LogP) is 15.2. The number of rotatable bonds is 5. The number of benzene rings is 10. The summed E-state index contributed by atoms with van der Waals surface area (Å²) in [5.41, 5.74) is 10.7. The van der Waals surface area contributed by atoms with Crippen LogP contribution < -0.4 is 4.90 Å². The molecule has 0 bridgehead atoms. The molecule has 0 saturated heterocycles. The van der Waals surface area contributed by atoms with Gasteiger partial charge in [-0.2, -0.15) is 0 Å². The molecule has 1 aliphatic carbocycles. The van der Waals surface area contributed by atoms with Crippen molar-refractivity contribution in [2.24, 2.45) is 0 Å². The van der Waals surface area contributed by atoms with Crippen molar-refractivity contribution in [1.29, 1.82) is 0 Å². The van der Waals surface area contributed by atoms with E-state index in [0.717, 1.165) is 19.3 Å². The Morgan fingerprint density at radius 1 is 0.448 bits per heavy atom. The maximum absolute atomic E-state index is 6.84. The van der Waals surface area contributed by atoms with Crippen molar-refractivity contribution in [2.75, 3.05) is 12.0 Å². The number of nitrogens with zero attached hydrogens (tertiary/aromatic N) is 1. The molecule has 10 aromatic rings. The van der Waals surface area contributed by atoms with E-state index < -0.39 is 5.60 Å². The molecule has 0 aromatic heterocycles. The van der Waals surface area contributed by atoms with Crippen LogP contribution in [-0.2, 0) is 10.3 Å². The van der Waals surface area contributed by atoms with Gasteiger partial charge in [0, 0.05) is 24.0 Å². The van der Waals surface area contributed by atoms with E-state index in [9.17, 15) is 0 Å². The Labute approximate surface area is 339 Å². The standard InChI is InChI=1S/C56H43NO/c1-55-32-10-11-33-56(55,58-2)51-34-39(26-31-52(51)57(55)40-18-4-3-5-19-40)49-35-50(44-23-13-17-37-15-7-9-21-42(37)44)48-28-25-38-24-27-45(46-29-30-47(49)54(48)53(38)46)43-22-12-16-36-14-6-8-20-41(36)43/h3-9,12-31,34-35H,10-11,32-33H2,1-2H3. The van der Waals surface area contributed by atoms with Gasteiger partial charge in [0.25, 0.3) is 0 Å². The molecule has 1 fully saturated rings. The second-order valence-corrected chi connectivity index (χ2v) is 16.8. The Morgan fingerprint density at radius 2 is 1.03 bits per heavy atom. The van der Waals surface area contributed by atoms with E-state index in [-0.39, 0.29) is 5.54 Å². The molecule has 278 valence electrons. The zero-order valence-electron chi connectivity index (χ0n) is 32.9. The molecule has 10 aromatic carbocycles. The molecule has 2 atom stereocenters. The number of hydrogen-bond donors (Lipinski definition) is 0. The van der Waals surface area contributed by atoms with Gasteiger partial charge < -0.3 is 9.64 Å². The zero-order valence-corrected chi connectivity index (χ0v) is 32.9. The Bertz CT molecular complexity index is 3240. The highest BCUT2D eigenvalue weighted by Crippen LogP contribution is 2.62. The molecular weight excluding hydrogens is 703 g/mol. The van der Waals surface area contributed by atoms with Crippen molar-refractivity contribution in [3.63, 3.8) is 0 Å². The zero-order chi connectivity index (χ0) is 38.6. The second kappa shape index (κ2) is 12.5. The van der Waals surface area contributed by atoms with E-state index >= 15 is 0 Å². The maximum atomic E-state index is 6.84. The van der Waals surface area contributed by atoms with E-state index in [1.165, 1.54) is 111 Å². The van der Waals surface area contributed by atoms with Crippen LogP contribution in [0.2, 0.25) is 0 Å².